The van der Waals surface area contributed by atoms with Crippen LogP contribution in [0, 0.1) is 13.8 Å². The average molecular weight is 759 g/mol. The van der Waals surface area contributed by atoms with Crippen LogP contribution in [0.15, 0.2) is 69.6 Å². The molecule has 0 radical (unpaired) electrons. The zero-order chi connectivity index (χ0) is 37.8. The molecule has 1 heterocycles. The molecule has 1 saturated heterocycles. The SMILES string of the molecule is CCO[P+](OCC)(OCC)/C(=C(\[O-])OC(C)C)C1(C(=O)OC(C)C)C(=O)N(S(=O)(=O)c2ccc(C)cc2)C(=O)N1S(=O)(=O)c1ccc(C)cc1. The van der Waals surface area contributed by atoms with Gasteiger partial charge in [-0.15, -0.1) is 4.31 Å². The second kappa shape index (κ2) is 15.7. The van der Waals surface area contributed by atoms with Gasteiger partial charge in [-0.3, -0.25) is 4.79 Å². The van der Waals surface area contributed by atoms with E-state index in [-0.39, 0.29) is 28.4 Å². The van der Waals surface area contributed by atoms with Crippen molar-refractivity contribution in [1.82, 2.24) is 8.61 Å². The topological polar surface area (TPSA) is 195 Å². The van der Waals surface area contributed by atoms with Crippen molar-refractivity contribution in [2.45, 2.75) is 89.9 Å². The Morgan fingerprint density at radius 3 is 1.52 bits per heavy atom. The van der Waals surface area contributed by atoms with Gasteiger partial charge in [-0.1, -0.05) is 49.2 Å². The molecule has 0 bridgehead atoms. The summed E-state index contributed by atoms with van der Waals surface area (Å²) in [5, 5.41) is 13.2. The molecule has 15 nitrogen and oxygen atoms in total. The number of rotatable bonds is 16. The first kappa shape index (κ1) is 40.8. The maximum absolute atomic E-state index is 15.1. The van der Waals surface area contributed by atoms with Gasteiger partial charge in [-0.05, 0) is 78.8 Å². The van der Waals surface area contributed by atoms with Gasteiger partial charge >= 0.3 is 25.5 Å². The summed E-state index contributed by atoms with van der Waals surface area (Å²) in [5.41, 5.74) is -2.54. The maximum Gasteiger partial charge on any atom is 0.450 e. The lowest BCUT2D eigenvalue weighted by Crippen LogP contribution is -2.61. The number of aryl methyl sites for hydroxylation is 2. The first-order valence-electron chi connectivity index (χ1n) is 15.7. The monoisotopic (exact) mass is 758 g/mol. The molecule has 18 heteroatoms. The highest BCUT2D eigenvalue weighted by molar-refractivity contribution is 7.91. The van der Waals surface area contributed by atoms with Crippen molar-refractivity contribution in [3.05, 3.63) is 70.9 Å². The largest absolute Gasteiger partial charge is 0.608 e. The van der Waals surface area contributed by atoms with E-state index in [9.17, 15) is 31.5 Å². The van der Waals surface area contributed by atoms with Gasteiger partial charge in [0.15, 0.2) is 0 Å². The molecule has 2 aromatic carbocycles. The zero-order valence-electron chi connectivity index (χ0n) is 29.4. The average Bonchev–Trinajstić information content (AvgIpc) is 3.25. The molecular weight excluding hydrogens is 715 g/mol. The van der Waals surface area contributed by atoms with E-state index in [4.69, 9.17) is 23.0 Å². The lowest BCUT2D eigenvalue weighted by Gasteiger charge is -2.38. The lowest BCUT2D eigenvalue weighted by molar-refractivity contribution is -0.363. The minimum atomic E-state index is -5.44. The Morgan fingerprint density at radius 1 is 0.740 bits per heavy atom. The Labute approximate surface area is 293 Å². The van der Waals surface area contributed by atoms with Crippen molar-refractivity contribution >= 4 is 45.9 Å². The fourth-order valence-electron chi connectivity index (χ4n) is 4.98. The number of carbonyl (C=O) groups excluding carboxylic acids is 3. The molecular formula is C32H43N2O13PS2. The number of carbonyl (C=O) groups is 3. The number of hydrogen-bond donors (Lipinski definition) is 0. The van der Waals surface area contributed by atoms with Crippen LogP contribution in [0.3, 0.4) is 0 Å². The fourth-order valence-corrected chi connectivity index (χ4v) is 10.6. The molecule has 0 aliphatic carbocycles. The van der Waals surface area contributed by atoms with E-state index in [0.717, 1.165) is 24.3 Å². The molecule has 0 spiro atoms. The molecule has 1 fully saturated rings. The summed E-state index contributed by atoms with van der Waals surface area (Å²) in [7, 11) is -15.3. The highest BCUT2D eigenvalue weighted by atomic mass is 32.2. The molecule has 3 rings (SSSR count). The highest BCUT2D eigenvalue weighted by Crippen LogP contribution is 2.73. The standard InChI is InChI=1S/C32H43N2O13PS2/c1-10-43-48(44-11-2,45-12-3)27(28(35)46-21(4)5)32(30(37)47-22(6)7)29(36)33(49(39,40)25-17-13-23(8)14-18-25)31(38)34(32)50(41,42)26-19-15-24(9)16-20-26/h13-22H,10-12H2,1-9H3/b28-27+. The summed E-state index contributed by atoms with van der Waals surface area (Å²) in [4.78, 5) is 43.2. The van der Waals surface area contributed by atoms with Crippen LogP contribution in [0.4, 0.5) is 4.79 Å². The van der Waals surface area contributed by atoms with E-state index in [1.54, 1.807) is 13.8 Å². The number of benzene rings is 2. The normalized spacial score (nSPS) is 17.8. The van der Waals surface area contributed by atoms with Gasteiger partial charge in [0.05, 0.1) is 35.7 Å². The van der Waals surface area contributed by atoms with Crippen molar-refractivity contribution in [2.75, 3.05) is 19.8 Å². The van der Waals surface area contributed by atoms with E-state index in [1.807, 2.05) is 0 Å². The highest BCUT2D eigenvalue weighted by Gasteiger charge is 2.80. The van der Waals surface area contributed by atoms with E-state index in [2.05, 4.69) is 0 Å². The van der Waals surface area contributed by atoms with Crippen LogP contribution in [0.1, 0.15) is 59.6 Å². The van der Waals surface area contributed by atoms with Crippen LogP contribution >= 0.6 is 7.94 Å². The van der Waals surface area contributed by atoms with Crippen LogP contribution in [-0.2, 0) is 52.7 Å². The van der Waals surface area contributed by atoms with E-state index >= 15 is 4.79 Å². The first-order chi connectivity index (χ1) is 23.3. The summed E-state index contributed by atoms with van der Waals surface area (Å²) in [6, 6.07) is 7.85. The third-order valence-corrected chi connectivity index (χ3v) is 13.2. The quantitative estimate of drug-likeness (QED) is 0.0779. The molecule has 1 unspecified atom stereocenters. The Bertz CT molecular complexity index is 1810. The van der Waals surface area contributed by atoms with Crippen molar-refractivity contribution in [3.63, 3.8) is 0 Å². The van der Waals surface area contributed by atoms with Crippen LogP contribution in [-0.4, -0.2) is 80.9 Å². The van der Waals surface area contributed by atoms with Crippen molar-refractivity contribution in [1.29, 1.82) is 0 Å². The van der Waals surface area contributed by atoms with Crippen LogP contribution in [0.25, 0.3) is 0 Å². The van der Waals surface area contributed by atoms with E-state index in [0.29, 0.717) is 11.1 Å². The molecule has 1 aliphatic heterocycles. The molecule has 1 atom stereocenters. The minimum Gasteiger partial charge on any atom is -0.608 e. The maximum atomic E-state index is 15.1. The Hall–Kier alpha value is -3.60. The Kier molecular flexibility index (Phi) is 12.9. The van der Waals surface area contributed by atoms with Gasteiger partial charge in [-0.2, -0.15) is 17.9 Å². The number of ether oxygens (including phenoxy) is 2. The summed E-state index contributed by atoms with van der Waals surface area (Å²) >= 11 is 0. The van der Waals surface area contributed by atoms with Gasteiger partial charge in [0.2, 0.25) is 5.31 Å². The summed E-state index contributed by atoms with van der Waals surface area (Å²) < 4.78 is 86.1. The van der Waals surface area contributed by atoms with Crippen LogP contribution in [0.5, 0.6) is 0 Å². The molecule has 0 N–H and O–H groups in total. The van der Waals surface area contributed by atoms with Gasteiger partial charge in [0, 0.05) is 0 Å². The van der Waals surface area contributed by atoms with Crippen molar-refractivity contribution in [2.24, 2.45) is 0 Å². The summed E-state index contributed by atoms with van der Waals surface area (Å²) in [6.45, 7) is 12.4. The summed E-state index contributed by atoms with van der Waals surface area (Å²) in [6.07, 6.45) is -2.07. The fraction of sp³-hybridized carbons (Fsp3) is 0.469. The van der Waals surface area contributed by atoms with Gasteiger partial charge < -0.3 is 14.6 Å². The van der Waals surface area contributed by atoms with Gasteiger partial charge in [-0.25, -0.2) is 26.4 Å². The molecule has 276 valence electrons. The Balaban J connectivity index is 2.73. The number of amides is 3. The number of esters is 1. The minimum absolute atomic E-state index is 0.258. The van der Waals surface area contributed by atoms with Crippen LogP contribution < -0.4 is 5.11 Å². The Morgan fingerprint density at radius 2 is 1.14 bits per heavy atom. The molecule has 50 heavy (non-hydrogen) atoms. The number of imide groups is 1. The van der Waals surface area contributed by atoms with Gasteiger partial charge in [0.25, 0.3) is 26.0 Å². The van der Waals surface area contributed by atoms with Gasteiger partial charge in [0.1, 0.15) is 5.95 Å². The van der Waals surface area contributed by atoms with Crippen molar-refractivity contribution in [3.8, 4) is 0 Å². The lowest BCUT2D eigenvalue weighted by atomic mass is 9.99. The number of nitrogens with zero attached hydrogens (tertiary/aromatic N) is 2. The molecule has 3 amide bonds. The molecule has 0 aromatic heterocycles. The second-order valence-corrected chi connectivity index (χ2v) is 17.3. The van der Waals surface area contributed by atoms with Crippen molar-refractivity contribution < 1.29 is 59.4 Å². The van der Waals surface area contributed by atoms with Crippen LogP contribution in [0.2, 0.25) is 0 Å². The third kappa shape index (κ3) is 7.39. The zero-order valence-corrected chi connectivity index (χ0v) is 31.9. The number of sulfonamides is 2. The summed E-state index contributed by atoms with van der Waals surface area (Å²) in [5.74, 6) is -5.32. The molecule has 2 aromatic rings. The molecule has 0 saturated carbocycles. The number of hydrogen-bond acceptors (Lipinski definition) is 13. The number of urea groups is 1. The molecule has 1 aliphatic rings. The van der Waals surface area contributed by atoms with E-state index < -0.39 is 84.7 Å². The van der Waals surface area contributed by atoms with E-state index in [1.165, 1.54) is 72.7 Å². The predicted molar refractivity (Wildman–Crippen MR) is 180 cm³/mol. The third-order valence-electron chi connectivity index (χ3n) is 6.95. The second-order valence-electron chi connectivity index (χ2n) is 11.5. The smallest absolute Gasteiger partial charge is 0.450 e. The first-order valence-corrected chi connectivity index (χ1v) is 20.2. The predicted octanol–water partition coefficient (Wildman–Crippen LogP) is 4.16.